The van der Waals surface area contributed by atoms with Gasteiger partial charge >= 0.3 is 12.1 Å². The molecule has 0 amide bonds. The van der Waals surface area contributed by atoms with E-state index in [4.69, 9.17) is 4.74 Å². The Kier molecular flexibility index (Phi) is 8.78. The minimum atomic E-state index is -5.07. The number of carbonyl (C=O) groups is 1. The second kappa shape index (κ2) is 12.7. The predicted molar refractivity (Wildman–Crippen MR) is 160 cm³/mol. The zero-order chi connectivity index (χ0) is 33.5. The summed E-state index contributed by atoms with van der Waals surface area (Å²) in [5.41, 5.74) is -1.24. The highest BCUT2D eigenvalue weighted by molar-refractivity contribution is 7.90. The van der Waals surface area contributed by atoms with E-state index in [1.165, 1.54) is 36.4 Å². The number of carboxylic acids is 1. The fourth-order valence-electron chi connectivity index (χ4n) is 5.79. The van der Waals surface area contributed by atoms with Crippen molar-refractivity contribution in [2.45, 2.75) is 56.1 Å². The summed E-state index contributed by atoms with van der Waals surface area (Å²) >= 11 is 0. The maximum absolute atomic E-state index is 14.1. The number of para-hydroxylation sites is 1. The number of hydrogen-bond donors (Lipinski definition) is 1. The topological polar surface area (TPSA) is 115 Å². The number of sulfonamides is 1. The first kappa shape index (κ1) is 32.6. The van der Waals surface area contributed by atoms with Crippen LogP contribution in [0.25, 0.3) is 17.1 Å². The Bertz CT molecular complexity index is 1880. The molecule has 2 aliphatic rings. The Morgan fingerprint density at radius 2 is 1.66 bits per heavy atom. The van der Waals surface area contributed by atoms with Gasteiger partial charge in [0, 0.05) is 18.7 Å². The van der Waals surface area contributed by atoms with E-state index in [0.29, 0.717) is 42.4 Å². The van der Waals surface area contributed by atoms with Gasteiger partial charge in [-0.1, -0.05) is 36.4 Å². The van der Waals surface area contributed by atoms with Gasteiger partial charge in [0.1, 0.15) is 17.9 Å². The molecule has 6 rings (SSSR count). The molecule has 0 unspecified atom stereocenters. The average molecular weight is 677 g/mol. The van der Waals surface area contributed by atoms with Crippen molar-refractivity contribution >= 4 is 16.0 Å². The van der Waals surface area contributed by atoms with Gasteiger partial charge in [0.05, 0.1) is 22.7 Å². The molecule has 0 bridgehead atoms. The molecule has 47 heavy (non-hydrogen) atoms. The van der Waals surface area contributed by atoms with Crippen LogP contribution in [0.15, 0.2) is 66.9 Å². The van der Waals surface area contributed by atoms with E-state index in [9.17, 15) is 40.3 Å². The third-order valence-corrected chi connectivity index (χ3v) is 10.8. The molecule has 2 aromatic carbocycles. The Hall–Kier alpha value is -4.37. The van der Waals surface area contributed by atoms with Crippen LogP contribution >= 0.6 is 0 Å². The van der Waals surface area contributed by atoms with Gasteiger partial charge in [-0.15, -0.1) is 0 Å². The third kappa shape index (κ3) is 6.72. The van der Waals surface area contributed by atoms with E-state index in [-0.39, 0.29) is 40.6 Å². The number of nitrogens with zero attached hydrogens (tertiary/aromatic N) is 4. The molecule has 1 aliphatic heterocycles. The summed E-state index contributed by atoms with van der Waals surface area (Å²) < 4.78 is 103. The predicted octanol–water partition coefficient (Wildman–Crippen LogP) is 6.84. The largest absolute Gasteiger partial charge is 0.488 e. The van der Waals surface area contributed by atoms with Crippen molar-refractivity contribution < 1.29 is 45.0 Å². The highest BCUT2D eigenvalue weighted by Crippen LogP contribution is 2.40. The van der Waals surface area contributed by atoms with Crippen molar-refractivity contribution in [3.63, 3.8) is 0 Å². The van der Waals surface area contributed by atoms with Crippen LogP contribution in [-0.4, -0.2) is 56.9 Å². The number of aromatic nitrogens is 3. The van der Waals surface area contributed by atoms with Crippen molar-refractivity contribution in [2.75, 3.05) is 13.1 Å². The van der Waals surface area contributed by atoms with Crippen molar-refractivity contribution in [2.24, 2.45) is 0 Å². The smallest absolute Gasteiger partial charge is 0.434 e. The number of benzene rings is 2. The van der Waals surface area contributed by atoms with Crippen molar-refractivity contribution in [3.05, 3.63) is 94.8 Å². The average Bonchev–Trinajstić information content (AvgIpc) is 3.81. The number of rotatable bonds is 10. The first-order valence-electron chi connectivity index (χ1n) is 14.8. The normalized spacial score (nSPS) is 16.5. The second-order valence-corrected chi connectivity index (χ2v) is 13.7. The Morgan fingerprint density at radius 1 is 0.979 bits per heavy atom. The summed E-state index contributed by atoms with van der Waals surface area (Å²) in [4.78, 5) is 15.6. The van der Waals surface area contributed by atoms with Gasteiger partial charge in [-0.3, -0.25) is 0 Å². The summed E-state index contributed by atoms with van der Waals surface area (Å²) in [5.74, 6) is -2.22. The first-order chi connectivity index (χ1) is 22.3. The number of pyridine rings is 1. The number of hydrogen-bond acceptors (Lipinski definition) is 6. The molecule has 0 radical (unpaired) electrons. The molecule has 0 atom stereocenters. The van der Waals surface area contributed by atoms with E-state index in [0.717, 1.165) is 18.4 Å². The van der Waals surface area contributed by atoms with Crippen LogP contribution in [-0.2, 0) is 22.8 Å². The molecular weight excluding hydrogens is 647 g/mol. The SMILES string of the molecule is O=C(O)c1cnn(-c2cccc(-c3cccc(C(F)F)c3OCc3ccc(C4CCN(S(=O)(=O)C5CC5)CC4)cc3)n2)c1C(F)(F)F. The van der Waals surface area contributed by atoms with Crippen LogP contribution in [0.2, 0.25) is 0 Å². The van der Waals surface area contributed by atoms with Crippen LogP contribution in [0, 0.1) is 0 Å². The Morgan fingerprint density at radius 3 is 2.28 bits per heavy atom. The van der Waals surface area contributed by atoms with E-state index >= 15 is 0 Å². The Balaban J connectivity index is 1.22. The molecule has 4 aromatic rings. The molecule has 1 N–H and O–H groups in total. The highest BCUT2D eigenvalue weighted by atomic mass is 32.2. The van der Waals surface area contributed by atoms with Gasteiger partial charge in [-0.25, -0.2) is 36.0 Å². The quantitative estimate of drug-likeness (QED) is 0.183. The molecular formula is C32H29F5N4O5S. The zero-order valence-electron chi connectivity index (χ0n) is 24.7. The number of carboxylic acid groups (broad SMARTS) is 1. The molecule has 3 heterocycles. The lowest BCUT2D eigenvalue weighted by Crippen LogP contribution is -2.39. The first-order valence-corrected chi connectivity index (χ1v) is 16.3. The van der Waals surface area contributed by atoms with Crippen molar-refractivity contribution in [1.29, 1.82) is 0 Å². The summed E-state index contributed by atoms with van der Waals surface area (Å²) in [6.45, 7) is 0.832. The standard InChI is InChI=1S/C32H29F5N4O5S/c33-30(34)24-4-1-3-23(26-5-2-6-27(39-26)41-29(32(35,36)37)25(17-38-41)31(42)43)28(24)46-18-19-7-9-20(10-8-19)21-13-15-40(16-14-21)47(44,45)22-11-12-22/h1-10,17,21-22,30H,11-16,18H2,(H,42,43). The van der Waals surface area contributed by atoms with Crippen LogP contribution in [0.4, 0.5) is 22.0 Å². The molecule has 248 valence electrons. The van der Waals surface area contributed by atoms with Crippen LogP contribution in [0.5, 0.6) is 5.75 Å². The number of halogens is 5. The molecule has 1 aliphatic carbocycles. The summed E-state index contributed by atoms with van der Waals surface area (Å²) in [5, 5.41) is 12.6. The van der Waals surface area contributed by atoms with Crippen LogP contribution < -0.4 is 4.74 Å². The van der Waals surface area contributed by atoms with Crippen molar-refractivity contribution in [1.82, 2.24) is 19.1 Å². The number of aromatic carboxylic acids is 1. The number of piperidine rings is 1. The second-order valence-electron chi connectivity index (χ2n) is 11.5. The van der Waals surface area contributed by atoms with Crippen molar-refractivity contribution in [3.8, 4) is 22.8 Å². The lowest BCUT2D eigenvalue weighted by atomic mass is 9.90. The minimum absolute atomic E-state index is 0.00545. The summed E-state index contributed by atoms with van der Waals surface area (Å²) in [6.07, 6.45) is -4.61. The Labute approximate surface area is 266 Å². The van der Waals surface area contributed by atoms with E-state index < -0.39 is 45.4 Å². The third-order valence-electron chi connectivity index (χ3n) is 8.37. The molecule has 15 heteroatoms. The van der Waals surface area contributed by atoms with Gasteiger partial charge in [0.25, 0.3) is 6.43 Å². The molecule has 2 fully saturated rings. The monoisotopic (exact) mass is 676 g/mol. The lowest BCUT2D eigenvalue weighted by molar-refractivity contribution is -0.143. The van der Waals surface area contributed by atoms with Crippen LogP contribution in [0.3, 0.4) is 0 Å². The minimum Gasteiger partial charge on any atom is -0.488 e. The van der Waals surface area contributed by atoms with E-state index in [1.54, 1.807) is 4.31 Å². The van der Waals surface area contributed by atoms with Gasteiger partial charge in [-0.2, -0.15) is 18.3 Å². The fraction of sp³-hybridized carbons (Fsp3) is 0.344. The maximum atomic E-state index is 14.1. The molecule has 2 aromatic heterocycles. The molecule has 1 saturated carbocycles. The summed E-state index contributed by atoms with van der Waals surface area (Å²) in [6, 6.07) is 15.4. The van der Waals surface area contributed by atoms with Gasteiger partial charge < -0.3 is 9.84 Å². The van der Waals surface area contributed by atoms with E-state index in [1.807, 2.05) is 24.3 Å². The fourth-order valence-corrected chi connectivity index (χ4v) is 7.67. The van der Waals surface area contributed by atoms with E-state index in [2.05, 4.69) is 10.1 Å². The maximum Gasteiger partial charge on any atom is 0.434 e. The molecule has 0 spiro atoms. The molecule has 1 saturated heterocycles. The van der Waals surface area contributed by atoms with Crippen LogP contribution in [0.1, 0.15) is 70.8 Å². The highest BCUT2D eigenvalue weighted by Gasteiger charge is 2.42. The van der Waals surface area contributed by atoms with Gasteiger partial charge in [-0.05, 0) is 67.0 Å². The number of alkyl halides is 5. The number of ether oxygens (including phenoxy) is 1. The lowest BCUT2D eigenvalue weighted by Gasteiger charge is -2.31. The summed E-state index contributed by atoms with van der Waals surface area (Å²) in [7, 11) is -3.21. The zero-order valence-corrected chi connectivity index (χ0v) is 25.5. The van der Waals surface area contributed by atoms with Gasteiger partial charge in [0.15, 0.2) is 11.5 Å². The molecule has 9 nitrogen and oxygen atoms in total. The van der Waals surface area contributed by atoms with Gasteiger partial charge in [0.2, 0.25) is 10.0 Å².